The summed E-state index contributed by atoms with van der Waals surface area (Å²) in [7, 11) is 0. The SMILES string of the molecule is N#CCCN(Cc1ccco1)C(=O)c1cc(Cl)nnc1Cl. The smallest absolute Gasteiger partial charge is 0.257 e. The van der Waals surface area contributed by atoms with Crippen LogP contribution in [-0.4, -0.2) is 27.5 Å². The summed E-state index contributed by atoms with van der Waals surface area (Å²) in [6.45, 7) is 0.468. The third-order valence-electron chi connectivity index (χ3n) is 2.66. The van der Waals surface area contributed by atoms with Crippen LogP contribution in [0.2, 0.25) is 10.3 Å². The van der Waals surface area contributed by atoms with Crippen molar-refractivity contribution in [3.63, 3.8) is 0 Å². The van der Waals surface area contributed by atoms with E-state index >= 15 is 0 Å². The molecule has 1 amide bonds. The van der Waals surface area contributed by atoms with Gasteiger partial charge in [-0.3, -0.25) is 4.79 Å². The molecule has 2 aromatic rings. The summed E-state index contributed by atoms with van der Waals surface area (Å²) in [5.41, 5.74) is 0.140. The maximum atomic E-state index is 12.5. The van der Waals surface area contributed by atoms with Crippen molar-refractivity contribution in [1.82, 2.24) is 15.1 Å². The molecule has 2 aromatic heterocycles. The highest BCUT2D eigenvalue weighted by atomic mass is 35.5. The van der Waals surface area contributed by atoms with Crippen molar-refractivity contribution in [1.29, 1.82) is 5.26 Å². The number of carbonyl (C=O) groups is 1. The highest BCUT2D eigenvalue weighted by Crippen LogP contribution is 2.19. The van der Waals surface area contributed by atoms with E-state index in [1.54, 1.807) is 12.1 Å². The molecule has 108 valence electrons. The molecule has 8 heteroatoms. The van der Waals surface area contributed by atoms with Crippen molar-refractivity contribution in [3.8, 4) is 6.07 Å². The largest absolute Gasteiger partial charge is 0.467 e. The topological polar surface area (TPSA) is 83.0 Å². The summed E-state index contributed by atoms with van der Waals surface area (Å²) in [6, 6.07) is 6.81. The van der Waals surface area contributed by atoms with Crippen LogP contribution < -0.4 is 0 Å². The number of aromatic nitrogens is 2. The zero-order valence-corrected chi connectivity index (χ0v) is 12.3. The quantitative estimate of drug-likeness (QED) is 0.844. The average molecular weight is 325 g/mol. The predicted octanol–water partition coefficient (Wildman–Crippen LogP) is 2.93. The molecule has 0 aliphatic rings. The monoisotopic (exact) mass is 324 g/mol. The van der Waals surface area contributed by atoms with E-state index in [1.807, 2.05) is 6.07 Å². The van der Waals surface area contributed by atoms with Crippen molar-refractivity contribution in [2.75, 3.05) is 6.54 Å². The van der Waals surface area contributed by atoms with Gasteiger partial charge in [0.2, 0.25) is 0 Å². The van der Waals surface area contributed by atoms with E-state index in [9.17, 15) is 4.79 Å². The first-order chi connectivity index (χ1) is 10.1. The molecule has 2 rings (SSSR count). The second kappa shape index (κ2) is 7.07. The molecule has 0 saturated heterocycles. The Hall–Kier alpha value is -2.10. The minimum absolute atomic E-state index is 0.0363. The minimum Gasteiger partial charge on any atom is -0.467 e. The summed E-state index contributed by atoms with van der Waals surface area (Å²) >= 11 is 11.6. The van der Waals surface area contributed by atoms with Crippen LogP contribution in [0.25, 0.3) is 0 Å². The summed E-state index contributed by atoms with van der Waals surface area (Å²) < 4.78 is 5.22. The van der Waals surface area contributed by atoms with Gasteiger partial charge in [-0.25, -0.2) is 0 Å². The van der Waals surface area contributed by atoms with Crippen molar-refractivity contribution in [2.45, 2.75) is 13.0 Å². The maximum absolute atomic E-state index is 12.5. The van der Waals surface area contributed by atoms with Gasteiger partial charge in [0, 0.05) is 6.54 Å². The lowest BCUT2D eigenvalue weighted by atomic mass is 10.2. The van der Waals surface area contributed by atoms with Crippen LogP contribution in [-0.2, 0) is 6.54 Å². The Labute approximate surface area is 130 Å². The van der Waals surface area contributed by atoms with E-state index in [1.165, 1.54) is 17.2 Å². The fourth-order valence-corrected chi connectivity index (χ4v) is 2.02. The van der Waals surface area contributed by atoms with Gasteiger partial charge in [-0.2, -0.15) is 5.26 Å². The Balaban J connectivity index is 2.24. The van der Waals surface area contributed by atoms with Crippen molar-refractivity contribution >= 4 is 29.1 Å². The summed E-state index contributed by atoms with van der Waals surface area (Å²) in [5.74, 6) is 0.217. The third kappa shape index (κ3) is 3.94. The lowest BCUT2D eigenvalue weighted by Crippen LogP contribution is -2.31. The Morgan fingerprint density at radius 1 is 1.43 bits per heavy atom. The fourth-order valence-electron chi connectivity index (χ4n) is 1.70. The molecule has 0 unspecified atom stereocenters. The molecule has 0 saturated carbocycles. The van der Waals surface area contributed by atoms with Crippen LogP contribution in [0, 0.1) is 11.3 Å². The lowest BCUT2D eigenvalue weighted by Gasteiger charge is -2.20. The van der Waals surface area contributed by atoms with Crippen molar-refractivity contribution in [3.05, 3.63) is 46.1 Å². The van der Waals surface area contributed by atoms with Crippen LogP contribution in [0.1, 0.15) is 22.5 Å². The molecule has 6 nitrogen and oxygen atoms in total. The number of rotatable bonds is 5. The van der Waals surface area contributed by atoms with Crippen molar-refractivity contribution in [2.24, 2.45) is 0 Å². The van der Waals surface area contributed by atoms with Crippen LogP contribution in [0.4, 0.5) is 0 Å². The summed E-state index contributed by atoms with van der Waals surface area (Å²) in [4.78, 5) is 14.0. The molecule has 0 fully saturated rings. The number of furan rings is 1. The van der Waals surface area contributed by atoms with Gasteiger partial charge >= 0.3 is 0 Å². The lowest BCUT2D eigenvalue weighted by molar-refractivity contribution is 0.0735. The molecule has 0 aromatic carbocycles. The Morgan fingerprint density at radius 2 is 2.24 bits per heavy atom. The van der Waals surface area contributed by atoms with Gasteiger partial charge in [-0.1, -0.05) is 23.2 Å². The molecule has 0 aliphatic carbocycles. The summed E-state index contributed by atoms with van der Waals surface area (Å²) in [5, 5.41) is 15.9. The number of amides is 1. The molecule has 21 heavy (non-hydrogen) atoms. The van der Waals surface area contributed by atoms with Crippen LogP contribution >= 0.6 is 23.2 Å². The van der Waals surface area contributed by atoms with Gasteiger partial charge in [-0.05, 0) is 18.2 Å². The van der Waals surface area contributed by atoms with E-state index < -0.39 is 0 Å². The highest BCUT2D eigenvalue weighted by Gasteiger charge is 2.21. The predicted molar refractivity (Wildman–Crippen MR) is 75.7 cm³/mol. The Bertz CT molecular complexity index is 667. The first-order valence-electron chi connectivity index (χ1n) is 5.99. The number of hydrogen-bond acceptors (Lipinski definition) is 5. The summed E-state index contributed by atoms with van der Waals surface area (Å²) in [6.07, 6.45) is 1.70. The minimum atomic E-state index is -0.386. The zero-order valence-electron chi connectivity index (χ0n) is 10.8. The first kappa shape index (κ1) is 15.3. The molecule has 0 atom stereocenters. The average Bonchev–Trinajstić information content (AvgIpc) is 2.98. The highest BCUT2D eigenvalue weighted by molar-refractivity contribution is 6.34. The van der Waals surface area contributed by atoms with Crippen LogP contribution in [0.15, 0.2) is 28.9 Å². The van der Waals surface area contributed by atoms with Gasteiger partial charge in [0.1, 0.15) is 5.76 Å². The molecule has 0 bridgehead atoms. The van der Waals surface area contributed by atoms with Crippen LogP contribution in [0.5, 0.6) is 0 Å². The molecule has 0 N–H and O–H groups in total. The third-order valence-corrected chi connectivity index (χ3v) is 3.12. The normalized spacial score (nSPS) is 10.1. The van der Waals surface area contributed by atoms with E-state index in [2.05, 4.69) is 10.2 Å². The van der Waals surface area contributed by atoms with E-state index in [4.69, 9.17) is 32.9 Å². The van der Waals surface area contributed by atoms with Crippen LogP contribution in [0.3, 0.4) is 0 Å². The van der Waals surface area contributed by atoms with E-state index in [0.29, 0.717) is 5.76 Å². The molecule has 0 aliphatic heterocycles. The molecule has 0 spiro atoms. The first-order valence-corrected chi connectivity index (χ1v) is 6.74. The number of nitriles is 1. The van der Waals surface area contributed by atoms with Crippen molar-refractivity contribution < 1.29 is 9.21 Å². The number of halogens is 2. The maximum Gasteiger partial charge on any atom is 0.257 e. The van der Waals surface area contributed by atoms with Gasteiger partial charge in [0.05, 0.1) is 30.9 Å². The Kier molecular flexibility index (Phi) is 5.14. The van der Waals surface area contributed by atoms with Gasteiger partial charge in [-0.15, -0.1) is 10.2 Å². The molecular weight excluding hydrogens is 315 g/mol. The molecular formula is C13H10Cl2N4O2. The second-order valence-corrected chi connectivity index (χ2v) is 4.83. The second-order valence-electron chi connectivity index (χ2n) is 4.09. The van der Waals surface area contributed by atoms with Gasteiger partial charge < -0.3 is 9.32 Å². The zero-order chi connectivity index (χ0) is 15.2. The van der Waals surface area contributed by atoms with E-state index in [0.717, 1.165) is 0 Å². The fraction of sp³-hybridized carbons (Fsp3) is 0.231. The van der Waals surface area contributed by atoms with E-state index in [-0.39, 0.29) is 41.3 Å². The van der Waals surface area contributed by atoms with Gasteiger partial charge in [0.15, 0.2) is 10.3 Å². The molecule has 2 heterocycles. The van der Waals surface area contributed by atoms with Gasteiger partial charge in [0.25, 0.3) is 5.91 Å². The standard InChI is InChI=1S/C13H10Cl2N4O2/c14-11-7-10(12(15)18-17-11)13(20)19(5-2-4-16)8-9-3-1-6-21-9/h1,3,6-7H,2,5,8H2. The molecule has 0 radical (unpaired) electrons. The number of hydrogen-bond donors (Lipinski definition) is 0. The Morgan fingerprint density at radius 3 is 2.90 bits per heavy atom. The number of carbonyl (C=O) groups excluding carboxylic acids is 1. The number of nitrogens with zero attached hydrogens (tertiary/aromatic N) is 4.